The molecule has 0 spiro atoms. The van der Waals surface area contributed by atoms with Crippen LogP contribution in [0.2, 0.25) is 0 Å². The third-order valence-corrected chi connectivity index (χ3v) is 2.19. The van der Waals surface area contributed by atoms with Crippen molar-refractivity contribution in [2.24, 2.45) is 7.05 Å². The Morgan fingerprint density at radius 1 is 1.31 bits per heavy atom. The van der Waals surface area contributed by atoms with E-state index in [1.165, 1.54) is 24.5 Å². The van der Waals surface area contributed by atoms with Crippen LogP contribution in [0.15, 0.2) is 24.5 Å². The van der Waals surface area contributed by atoms with Gasteiger partial charge in [0.25, 0.3) is 0 Å². The Morgan fingerprint density at radius 3 is 2.56 bits per heavy atom. The van der Waals surface area contributed by atoms with Gasteiger partial charge in [-0.25, -0.2) is 8.78 Å². The van der Waals surface area contributed by atoms with Gasteiger partial charge in [0.2, 0.25) is 0 Å². The van der Waals surface area contributed by atoms with E-state index in [1.54, 1.807) is 11.6 Å². The van der Waals surface area contributed by atoms with Crippen molar-refractivity contribution in [1.29, 1.82) is 0 Å². The van der Waals surface area contributed by atoms with E-state index >= 15 is 0 Å². The molecule has 4 nitrogen and oxygen atoms in total. The molecule has 0 amide bonds. The summed E-state index contributed by atoms with van der Waals surface area (Å²) >= 11 is 0. The fourth-order valence-electron chi connectivity index (χ4n) is 1.30. The average molecular weight is 224 g/mol. The van der Waals surface area contributed by atoms with E-state index in [4.69, 9.17) is 0 Å². The Balaban J connectivity index is 2.14. The lowest BCUT2D eigenvalue weighted by Crippen LogP contribution is -2.08. The third-order valence-electron chi connectivity index (χ3n) is 2.19. The quantitative estimate of drug-likeness (QED) is 0.863. The van der Waals surface area contributed by atoms with Crippen molar-refractivity contribution in [3.8, 4) is 0 Å². The molecule has 1 N–H and O–H groups in total. The van der Waals surface area contributed by atoms with Gasteiger partial charge in [-0.05, 0) is 12.1 Å². The smallest absolute Gasteiger partial charge is 0.151 e. The zero-order valence-corrected chi connectivity index (χ0v) is 8.61. The Labute approximate surface area is 90.9 Å². The maximum Gasteiger partial charge on any atom is 0.151 e. The molecule has 0 unspecified atom stereocenters. The van der Waals surface area contributed by atoms with E-state index in [2.05, 4.69) is 15.5 Å². The van der Waals surface area contributed by atoms with Crippen LogP contribution in [0.4, 0.5) is 14.5 Å². The largest absolute Gasteiger partial charge is 0.373 e. The number of aryl methyl sites for hydroxylation is 1. The molecule has 0 aliphatic rings. The molecule has 0 aliphatic heterocycles. The molecule has 0 radical (unpaired) electrons. The summed E-state index contributed by atoms with van der Waals surface area (Å²) in [5.41, 5.74) is -0.148. The van der Waals surface area contributed by atoms with Crippen LogP contribution in [0.25, 0.3) is 0 Å². The molecule has 84 valence electrons. The lowest BCUT2D eigenvalue weighted by Gasteiger charge is -2.07. The van der Waals surface area contributed by atoms with Crippen molar-refractivity contribution in [3.05, 3.63) is 42.0 Å². The number of halogens is 2. The van der Waals surface area contributed by atoms with Crippen LogP contribution >= 0.6 is 0 Å². The molecule has 1 aromatic heterocycles. The van der Waals surface area contributed by atoms with E-state index in [0.717, 1.165) is 0 Å². The van der Waals surface area contributed by atoms with E-state index < -0.39 is 11.6 Å². The maximum absolute atomic E-state index is 13.2. The van der Waals surface area contributed by atoms with Crippen molar-refractivity contribution in [2.75, 3.05) is 5.32 Å². The predicted molar refractivity (Wildman–Crippen MR) is 54.7 cm³/mol. The minimum atomic E-state index is -0.623. The molecule has 16 heavy (non-hydrogen) atoms. The van der Waals surface area contributed by atoms with Crippen LogP contribution in [0.5, 0.6) is 0 Å². The van der Waals surface area contributed by atoms with Gasteiger partial charge < -0.3 is 9.88 Å². The molecule has 6 heteroatoms. The number of nitrogens with one attached hydrogen (secondary N) is 1. The van der Waals surface area contributed by atoms with Crippen molar-refractivity contribution in [3.63, 3.8) is 0 Å². The second-order valence-corrected chi connectivity index (χ2v) is 3.31. The molecule has 1 aromatic carbocycles. The predicted octanol–water partition coefficient (Wildman–Crippen LogP) is 1.71. The molecular weight excluding hydrogens is 214 g/mol. The van der Waals surface area contributed by atoms with Crippen LogP contribution in [-0.2, 0) is 13.6 Å². The number of para-hydroxylation sites is 1. The summed E-state index contributed by atoms with van der Waals surface area (Å²) < 4.78 is 28.1. The summed E-state index contributed by atoms with van der Waals surface area (Å²) in [5.74, 6) is -0.646. The van der Waals surface area contributed by atoms with Crippen molar-refractivity contribution < 1.29 is 8.78 Å². The first-order chi connectivity index (χ1) is 7.68. The minimum absolute atomic E-state index is 0.148. The van der Waals surface area contributed by atoms with Crippen LogP contribution in [0.1, 0.15) is 5.82 Å². The SMILES string of the molecule is Cn1cnnc1CNc1c(F)cccc1F. The molecule has 1 heterocycles. The van der Waals surface area contributed by atoms with E-state index in [1.807, 2.05) is 0 Å². The van der Waals surface area contributed by atoms with Gasteiger partial charge in [-0.3, -0.25) is 0 Å². The van der Waals surface area contributed by atoms with Gasteiger partial charge in [-0.15, -0.1) is 10.2 Å². The Bertz CT molecular complexity index is 475. The number of aromatic nitrogens is 3. The highest BCUT2D eigenvalue weighted by Gasteiger charge is 2.08. The van der Waals surface area contributed by atoms with Gasteiger partial charge in [-0.1, -0.05) is 6.07 Å². The standard InChI is InChI=1S/C10H10F2N4/c1-16-6-14-15-9(16)5-13-10-7(11)3-2-4-8(10)12/h2-4,6,13H,5H2,1H3. The van der Waals surface area contributed by atoms with Gasteiger partial charge >= 0.3 is 0 Å². The van der Waals surface area contributed by atoms with Crippen LogP contribution < -0.4 is 5.32 Å². The Morgan fingerprint density at radius 2 is 2.00 bits per heavy atom. The van der Waals surface area contributed by atoms with Gasteiger partial charge in [0, 0.05) is 7.05 Å². The number of hydrogen-bond acceptors (Lipinski definition) is 3. The van der Waals surface area contributed by atoms with Gasteiger partial charge in [0.15, 0.2) is 5.82 Å². The molecule has 0 saturated carbocycles. The normalized spacial score (nSPS) is 10.4. The fraction of sp³-hybridized carbons (Fsp3) is 0.200. The highest BCUT2D eigenvalue weighted by Crippen LogP contribution is 2.18. The monoisotopic (exact) mass is 224 g/mol. The lowest BCUT2D eigenvalue weighted by atomic mass is 10.3. The molecule has 0 atom stereocenters. The second kappa shape index (κ2) is 4.26. The minimum Gasteiger partial charge on any atom is -0.373 e. The number of nitrogens with zero attached hydrogens (tertiary/aromatic N) is 3. The third kappa shape index (κ3) is 2.00. The van der Waals surface area contributed by atoms with Crippen LogP contribution in [0, 0.1) is 11.6 Å². The number of anilines is 1. The van der Waals surface area contributed by atoms with E-state index in [-0.39, 0.29) is 12.2 Å². The Hall–Kier alpha value is -1.98. The highest BCUT2D eigenvalue weighted by molar-refractivity contribution is 5.45. The first-order valence-electron chi connectivity index (χ1n) is 4.69. The van der Waals surface area contributed by atoms with Crippen molar-refractivity contribution >= 4 is 5.69 Å². The summed E-state index contributed by atoms with van der Waals surface area (Å²) in [7, 11) is 1.76. The fourth-order valence-corrected chi connectivity index (χ4v) is 1.30. The van der Waals surface area contributed by atoms with E-state index in [0.29, 0.717) is 5.82 Å². The zero-order valence-electron chi connectivity index (χ0n) is 8.61. The average Bonchev–Trinajstić information content (AvgIpc) is 2.64. The van der Waals surface area contributed by atoms with Gasteiger partial charge in [-0.2, -0.15) is 0 Å². The number of hydrogen-bond donors (Lipinski definition) is 1. The molecule has 0 saturated heterocycles. The molecular formula is C10H10F2N4. The molecule has 2 rings (SSSR count). The van der Waals surface area contributed by atoms with Gasteiger partial charge in [0.05, 0.1) is 6.54 Å². The molecule has 2 aromatic rings. The Kier molecular flexibility index (Phi) is 2.80. The highest BCUT2D eigenvalue weighted by atomic mass is 19.1. The summed E-state index contributed by atoms with van der Waals surface area (Å²) in [4.78, 5) is 0. The molecule has 0 fully saturated rings. The second-order valence-electron chi connectivity index (χ2n) is 3.31. The summed E-state index contributed by atoms with van der Waals surface area (Å²) in [6, 6.07) is 3.71. The topological polar surface area (TPSA) is 42.7 Å². The van der Waals surface area contributed by atoms with Crippen molar-refractivity contribution in [1.82, 2.24) is 14.8 Å². The summed E-state index contributed by atoms with van der Waals surface area (Å²) in [6.45, 7) is 0.217. The molecule has 0 bridgehead atoms. The van der Waals surface area contributed by atoms with Gasteiger partial charge in [0.1, 0.15) is 23.6 Å². The summed E-state index contributed by atoms with van der Waals surface area (Å²) in [5, 5.41) is 10.1. The maximum atomic E-state index is 13.2. The number of rotatable bonds is 3. The number of benzene rings is 1. The van der Waals surface area contributed by atoms with E-state index in [9.17, 15) is 8.78 Å². The van der Waals surface area contributed by atoms with Crippen LogP contribution in [-0.4, -0.2) is 14.8 Å². The first kappa shape index (κ1) is 10.5. The first-order valence-corrected chi connectivity index (χ1v) is 4.69. The molecule has 0 aliphatic carbocycles. The lowest BCUT2D eigenvalue weighted by molar-refractivity contribution is 0.587. The summed E-state index contributed by atoms with van der Waals surface area (Å²) in [6.07, 6.45) is 1.52. The van der Waals surface area contributed by atoms with Crippen molar-refractivity contribution in [2.45, 2.75) is 6.54 Å². The zero-order chi connectivity index (χ0) is 11.5. The van der Waals surface area contributed by atoms with Crippen LogP contribution in [0.3, 0.4) is 0 Å².